The molecule has 2 aromatic carbocycles. The lowest BCUT2D eigenvalue weighted by Crippen LogP contribution is -2.31. The third-order valence-corrected chi connectivity index (χ3v) is 4.53. The second-order valence-electron chi connectivity index (χ2n) is 6.35. The van der Waals surface area contributed by atoms with Gasteiger partial charge in [-0.3, -0.25) is 4.79 Å². The third kappa shape index (κ3) is 5.87. The molecule has 3 rings (SSSR count). The van der Waals surface area contributed by atoms with Crippen molar-refractivity contribution in [2.45, 2.75) is 32.3 Å². The van der Waals surface area contributed by atoms with Crippen LogP contribution >= 0.6 is 12.4 Å². The summed E-state index contributed by atoms with van der Waals surface area (Å²) in [5.74, 6) is 0.856. The summed E-state index contributed by atoms with van der Waals surface area (Å²) in [4.78, 5) is 15.0. The molecule has 1 heterocycles. The molecule has 2 aromatic rings. The molecule has 1 aliphatic heterocycles. The van der Waals surface area contributed by atoms with Crippen LogP contribution < -0.4 is 4.74 Å². The lowest BCUT2D eigenvalue weighted by Gasteiger charge is -2.26. The van der Waals surface area contributed by atoms with Crippen molar-refractivity contribution in [3.8, 4) is 5.75 Å². The molecule has 0 aromatic heterocycles. The maximum atomic E-state index is 12.6. The summed E-state index contributed by atoms with van der Waals surface area (Å²) in [6, 6.07) is 17.6. The lowest BCUT2D eigenvalue weighted by atomic mass is 10.1. The van der Waals surface area contributed by atoms with Crippen molar-refractivity contribution in [3.05, 3.63) is 65.7 Å². The van der Waals surface area contributed by atoms with Gasteiger partial charge in [-0.05, 0) is 43.6 Å². The van der Waals surface area contributed by atoms with E-state index in [2.05, 4.69) is 4.90 Å². The SMILES string of the molecule is Cl.O=C(CCN1CCCCC1)c1ccccc1OCc1ccccc1. The van der Waals surface area contributed by atoms with E-state index in [0.29, 0.717) is 24.3 Å². The van der Waals surface area contributed by atoms with Crippen LogP contribution in [-0.2, 0) is 6.61 Å². The normalized spacial score (nSPS) is 14.6. The largest absolute Gasteiger partial charge is 0.488 e. The Labute approximate surface area is 156 Å². The molecule has 0 amide bonds. The highest BCUT2D eigenvalue weighted by molar-refractivity contribution is 5.98. The third-order valence-electron chi connectivity index (χ3n) is 4.53. The molecule has 1 fully saturated rings. The lowest BCUT2D eigenvalue weighted by molar-refractivity contribution is 0.0954. The number of benzene rings is 2. The van der Waals surface area contributed by atoms with Crippen LogP contribution in [0.1, 0.15) is 41.6 Å². The Morgan fingerprint density at radius 3 is 2.36 bits per heavy atom. The van der Waals surface area contributed by atoms with Crippen LogP contribution in [0.4, 0.5) is 0 Å². The van der Waals surface area contributed by atoms with Gasteiger partial charge in [0.2, 0.25) is 0 Å². The van der Waals surface area contributed by atoms with Crippen molar-refractivity contribution < 1.29 is 9.53 Å². The molecule has 134 valence electrons. The summed E-state index contributed by atoms with van der Waals surface area (Å²) in [7, 11) is 0. The predicted molar refractivity (Wildman–Crippen MR) is 104 cm³/mol. The van der Waals surface area contributed by atoms with Crippen molar-refractivity contribution in [1.29, 1.82) is 0 Å². The monoisotopic (exact) mass is 359 g/mol. The van der Waals surface area contributed by atoms with Crippen LogP contribution in [0.2, 0.25) is 0 Å². The minimum Gasteiger partial charge on any atom is -0.488 e. The highest BCUT2D eigenvalue weighted by atomic mass is 35.5. The number of likely N-dealkylation sites (tertiary alicyclic amines) is 1. The Morgan fingerprint density at radius 2 is 1.60 bits per heavy atom. The molecule has 25 heavy (non-hydrogen) atoms. The molecular formula is C21H26ClNO2. The highest BCUT2D eigenvalue weighted by Gasteiger charge is 2.15. The molecule has 0 aliphatic carbocycles. The summed E-state index contributed by atoms with van der Waals surface area (Å²) in [5, 5.41) is 0. The minimum absolute atomic E-state index is 0. The van der Waals surface area contributed by atoms with E-state index in [0.717, 1.165) is 25.2 Å². The van der Waals surface area contributed by atoms with Gasteiger partial charge in [-0.1, -0.05) is 48.9 Å². The van der Waals surface area contributed by atoms with Gasteiger partial charge in [0.1, 0.15) is 12.4 Å². The zero-order valence-corrected chi connectivity index (χ0v) is 15.3. The number of para-hydroxylation sites is 1. The number of carbonyl (C=O) groups excluding carboxylic acids is 1. The Morgan fingerprint density at radius 1 is 0.920 bits per heavy atom. The van der Waals surface area contributed by atoms with E-state index in [4.69, 9.17) is 4.74 Å². The van der Waals surface area contributed by atoms with E-state index in [1.165, 1.54) is 19.3 Å². The molecular weight excluding hydrogens is 334 g/mol. The van der Waals surface area contributed by atoms with E-state index >= 15 is 0 Å². The maximum absolute atomic E-state index is 12.6. The predicted octanol–water partition coefficient (Wildman–Crippen LogP) is 4.75. The zero-order chi connectivity index (χ0) is 16.6. The number of halogens is 1. The van der Waals surface area contributed by atoms with Crippen LogP contribution in [0.15, 0.2) is 54.6 Å². The van der Waals surface area contributed by atoms with Gasteiger partial charge in [-0.15, -0.1) is 12.4 Å². The maximum Gasteiger partial charge on any atom is 0.167 e. The second kappa shape index (κ2) is 10.2. The number of Topliss-reactive ketones (excluding diaryl/α,β-unsaturated/α-hetero) is 1. The van der Waals surface area contributed by atoms with E-state index in [-0.39, 0.29) is 18.2 Å². The Bertz CT molecular complexity index is 654. The van der Waals surface area contributed by atoms with Gasteiger partial charge in [-0.2, -0.15) is 0 Å². The van der Waals surface area contributed by atoms with Crippen molar-refractivity contribution in [2.24, 2.45) is 0 Å². The van der Waals surface area contributed by atoms with Gasteiger partial charge in [0.25, 0.3) is 0 Å². The second-order valence-corrected chi connectivity index (χ2v) is 6.35. The average Bonchev–Trinajstić information content (AvgIpc) is 2.66. The van der Waals surface area contributed by atoms with Gasteiger partial charge in [0.05, 0.1) is 5.56 Å². The minimum atomic E-state index is 0. The summed E-state index contributed by atoms with van der Waals surface area (Å²) in [6.07, 6.45) is 4.39. The van der Waals surface area contributed by atoms with E-state index < -0.39 is 0 Å². The number of carbonyl (C=O) groups is 1. The molecule has 1 saturated heterocycles. The van der Waals surface area contributed by atoms with Crippen LogP contribution in [0.3, 0.4) is 0 Å². The number of ketones is 1. The summed E-state index contributed by atoms with van der Waals surface area (Å²) < 4.78 is 5.90. The Balaban J connectivity index is 0.00000225. The first-order valence-electron chi connectivity index (χ1n) is 8.84. The first kappa shape index (κ1) is 19.5. The van der Waals surface area contributed by atoms with Gasteiger partial charge >= 0.3 is 0 Å². The highest BCUT2D eigenvalue weighted by Crippen LogP contribution is 2.21. The van der Waals surface area contributed by atoms with Crippen LogP contribution in [0.25, 0.3) is 0 Å². The molecule has 0 atom stereocenters. The standard InChI is InChI=1S/C21H25NO2.ClH/c23-20(13-16-22-14-7-2-8-15-22)19-11-5-6-12-21(19)24-17-18-9-3-1-4-10-18;/h1,3-6,9-12H,2,7-8,13-17H2;1H. The summed E-state index contributed by atoms with van der Waals surface area (Å²) >= 11 is 0. The molecule has 0 saturated carbocycles. The first-order chi connectivity index (χ1) is 11.8. The fourth-order valence-corrected chi connectivity index (χ4v) is 3.14. The van der Waals surface area contributed by atoms with Crippen molar-refractivity contribution in [1.82, 2.24) is 4.90 Å². The van der Waals surface area contributed by atoms with Crippen LogP contribution in [-0.4, -0.2) is 30.3 Å². The summed E-state index contributed by atoms with van der Waals surface area (Å²) in [6.45, 7) is 3.59. The number of hydrogen-bond donors (Lipinski definition) is 0. The molecule has 0 radical (unpaired) electrons. The first-order valence-corrected chi connectivity index (χ1v) is 8.84. The molecule has 0 spiro atoms. The number of piperidine rings is 1. The van der Waals surface area contributed by atoms with Crippen LogP contribution in [0.5, 0.6) is 5.75 Å². The van der Waals surface area contributed by atoms with E-state index in [1.54, 1.807) is 0 Å². The fraction of sp³-hybridized carbons (Fsp3) is 0.381. The quantitative estimate of drug-likeness (QED) is 0.668. The fourth-order valence-electron chi connectivity index (χ4n) is 3.14. The summed E-state index contributed by atoms with van der Waals surface area (Å²) in [5.41, 5.74) is 1.80. The molecule has 4 heteroatoms. The number of ether oxygens (including phenoxy) is 1. The van der Waals surface area contributed by atoms with E-state index in [1.807, 2.05) is 54.6 Å². The molecule has 1 aliphatic rings. The average molecular weight is 360 g/mol. The van der Waals surface area contributed by atoms with Gasteiger partial charge < -0.3 is 9.64 Å². The smallest absolute Gasteiger partial charge is 0.167 e. The van der Waals surface area contributed by atoms with E-state index in [9.17, 15) is 4.79 Å². The zero-order valence-electron chi connectivity index (χ0n) is 14.5. The number of rotatable bonds is 7. The number of nitrogens with zero attached hydrogens (tertiary/aromatic N) is 1. The van der Waals surface area contributed by atoms with Gasteiger partial charge in [0, 0.05) is 13.0 Å². The van der Waals surface area contributed by atoms with Crippen molar-refractivity contribution in [3.63, 3.8) is 0 Å². The molecule has 0 N–H and O–H groups in total. The topological polar surface area (TPSA) is 29.5 Å². The molecule has 0 bridgehead atoms. The van der Waals surface area contributed by atoms with Crippen molar-refractivity contribution >= 4 is 18.2 Å². The Kier molecular flexibility index (Phi) is 7.96. The van der Waals surface area contributed by atoms with Gasteiger partial charge in [0.15, 0.2) is 5.78 Å². The van der Waals surface area contributed by atoms with Crippen molar-refractivity contribution in [2.75, 3.05) is 19.6 Å². The van der Waals surface area contributed by atoms with Crippen LogP contribution in [0, 0.1) is 0 Å². The number of hydrogen-bond acceptors (Lipinski definition) is 3. The molecule has 0 unspecified atom stereocenters. The van der Waals surface area contributed by atoms with Gasteiger partial charge in [-0.25, -0.2) is 0 Å². The Hall–Kier alpha value is -1.84. The molecule has 3 nitrogen and oxygen atoms in total.